The van der Waals surface area contributed by atoms with Gasteiger partial charge >= 0.3 is 11.9 Å². The zero-order valence-electron chi connectivity index (χ0n) is 13.7. The van der Waals surface area contributed by atoms with Crippen LogP contribution in [-0.2, 0) is 14.3 Å². The molecule has 1 aromatic rings. The predicted molar refractivity (Wildman–Crippen MR) is 87.9 cm³/mol. The zero-order chi connectivity index (χ0) is 17.2. The minimum Gasteiger partial charge on any atom is -0.480 e. The van der Waals surface area contributed by atoms with Crippen molar-refractivity contribution in [3.8, 4) is 0 Å². The number of ether oxygens (including phenoxy) is 1. The second-order valence-corrected chi connectivity index (χ2v) is 7.64. The van der Waals surface area contributed by atoms with Crippen LogP contribution in [0, 0.1) is 5.92 Å². The lowest BCUT2D eigenvalue weighted by Gasteiger charge is -2.40. The number of carbonyl (C=O) groups excluding carboxylic acids is 1. The first-order valence-corrected chi connectivity index (χ1v) is 8.62. The summed E-state index contributed by atoms with van der Waals surface area (Å²) in [6.45, 7) is 5.95. The second kappa shape index (κ2) is 6.98. The summed E-state index contributed by atoms with van der Waals surface area (Å²) >= 11 is 1.46. The van der Waals surface area contributed by atoms with E-state index in [1.54, 1.807) is 11.0 Å². The lowest BCUT2D eigenvalue weighted by Crippen LogP contribution is -2.52. The van der Waals surface area contributed by atoms with E-state index in [2.05, 4.69) is 0 Å². The van der Waals surface area contributed by atoms with Gasteiger partial charge < -0.3 is 15.6 Å². The number of hydrogen-bond donors (Lipinski definition) is 2. The molecule has 128 valence electrons. The van der Waals surface area contributed by atoms with E-state index >= 15 is 0 Å². The van der Waals surface area contributed by atoms with Gasteiger partial charge in [0, 0.05) is 6.54 Å². The Kier molecular flexibility index (Phi) is 5.44. The van der Waals surface area contributed by atoms with Gasteiger partial charge in [0.05, 0.1) is 12.1 Å². The molecule has 2 rings (SSSR count). The van der Waals surface area contributed by atoms with Crippen LogP contribution in [0.2, 0.25) is 0 Å². The summed E-state index contributed by atoms with van der Waals surface area (Å²) in [5, 5.41) is 13.2. The molecule has 0 radical (unpaired) electrons. The van der Waals surface area contributed by atoms with E-state index in [-0.39, 0.29) is 11.9 Å². The van der Waals surface area contributed by atoms with E-state index in [0.29, 0.717) is 19.4 Å². The zero-order valence-corrected chi connectivity index (χ0v) is 14.5. The predicted octanol–water partition coefficient (Wildman–Crippen LogP) is 2.21. The van der Waals surface area contributed by atoms with E-state index in [4.69, 9.17) is 10.5 Å². The molecule has 1 fully saturated rings. The number of piperidine rings is 1. The summed E-state index contributed by atoms with van der Waals surface area (Å²) in [6, 6.07) is 1.03. The van der Waals surface area contributed by atoms with E-state index in [0.717, 1.165) is 5.56 Å². The highest BCUT2D eigenvalue weighted by molar-refractivity contribution is 7.08. The Hall–Kier alpha value is -1.44. The molecule has 2 heterocycles. The van der Waals surface area contributed by atoms with Crippen LogP contribution in [-0.4, -0.2) is 40.3 Å². The number of carboxylic acids is 1. The molecule has 0 spiro atoms. The molecule has 0 bridgehead atoms. The number of likely N-dealkylation sites (tertiary alicyclic amines) is 1. The maximum Gasteiger partial charge on any atom is 0.325 e. The minimum absolute atomic E-state index is 0.255. The molecule has 1 aromatic heterocycles. The van der Waals surface area contributed by atoms with Crippen molar-refractivity contribution in [3.05, 3.63) is 22.4 Å². The van der Waals surface area contributed by atoms with Crippen molar-refractivity contribution in [2.75, 3.05) is 6.54 Å². The third-order valence-corrected chi connectivity index (χ3v) is 4.55. The van der Waals surface area contributed by atoms with Crippen LogP contribution >= 0.6 is 11.3 Å². The first-order valence-electron chi connectivity index (χ1n) is 7.68. The van der Waals surface area contributed by atoms with Crippen molar-refractivity contribution in [1.29, 1.82) is 0 Å². The van der Waals surface area contributed by atoms with E-state index in [1.165, 1.54) is 11.3 Å². The molecule has 0 aliphatic carbocycles. The van der Waals surface area contributed by atoms with Gasteiger partial charge in [0.2, 0.25) is 0 Å². The molecular weight excluding hydrogens is 316 g/mol. The molecule has 0 aromatic carbocycles. The molecule has 0 amide bonds. The normalized spacial score (nSPS) is 24.2. The summed E-state index contributed by atoms with van der Waals surface area (Å²) < 4.78 is 5.41. The topological polar surface area (TPSA) is 92.9 Å². The summed E-state index contributed by atoms with van der Waals surface area (Å²) in [5.74, 6) is -1.46. The smallest absolute Gasteiger partial charge is 0.325 e. The minimum atomic E-state index is -0.922. The third kappa shape index (κ3) is 4.53. The first kappa shape index (κ1) is 17.9. The van der Waals surface area contributed by atoms with Crippen molar-refractivity contribution in [2.45, 2.75) is 51.4 Å². The van der Waals surface area contributed by atoms with Gasteiger partial charge in [-0.2, -0.15) is 11.3 Å². The van der Waals surface area contributed by atoms with Crippen molar-refractivity contribution >= 4 is 23.3 Å². The third-order valence-electron chi connectivity index (χ3n) is 3.85. The summed E-state index contributed by atoms with van der Waals surface area (Å²) in [6.07, 6.45) is 0.474. The molecule has 3 N–H and O–H groups in total. The Bertz CT molecular complexity index is 553. The number of nitrogens with two attached hydrogens (primary N) is 1. The Labute approximate surface area is 140 Å². The van der Waals surface area contributed by atoms with Gasteiger partial charge in [-0.3, -0.25) is 14.5 Å². The van der Waals surface area contributed by atoms with Crippen LogP contribution in [0.5, 0.6) is 0 Å². The molecule has 1 aliphatic rings. The van der Waals surface area contributed by atoms with Gasteiger partial charge in [-0.25, -0.2) is 0 Å². The number of hydrogen-bond acceptors (Lipinski definition) is 6. The van der Waals surface area contributed by atoms with Crippen LogP contribution in [0.15, 0.2) is 16.8 Å². The number of nitrogens with zero attached hydrogens (tertiary/aromatic N) is 1. The Balaban J connectivity index is 2.06. The first-order chi connectivity index (χ1) is 10.7. The molecule has 1 aliphatic heterocycles. The van der Waals surface area contributed by atoms with E-state index < -0.39 is 23.8 Å². The van der Waals surface area contributed by atoms with Gasteiger partial charge in [0.25, 0.3) is 0 Å². The number of rotatable bonds is 4. The maximum absolute atomic E-state index is 12.2. The van der Waals surface area contributed by atoms with Crippen molar-refractivity contribution in [2.24, 2.45) is 11.7 Å². The molecule has 0 saturated carbocycles. The molecular formula is C16H24N2O4S. The molecule has 7 heteroatoms. The number of thiophene rings is 1. The lowest BCUT2D eigenvalue weighted by atomic mass is 9.92. The van der Waals surface area contributed by atoms with Gasteiger partial charge in [-0.1, -0.05) is 0 Å². The van der Waals surface area contributed by atoms with Gasteiger partial charge in [-0.05, 0) is 56.0 Å². The average Bonchev–Trinajstić information content (AvgIpc) is 2.92. The van der Waals surface area contributed by atoms with Gasteiger partial charge in [0.1, 0.15) is 11.6 Å². The number of esters is 1. The molecule has 0 unspecified atom stereocenters. The van der Waals surface area contributed by atoms with Crippen molar-refractivity contribution in [1.82, 2.24) is 4.90 Å². The van der Waals surface area contributed by atoms with Crippen molar-refractivity contribution < 1.29 is 19.4 Å². The summed E-state index contributed by atoms with van der Waals surface area (Å²) in [5.41, 5.74) is 6.38. The van der Waals surface area contributed by atoms with Gasteiger partial charge in [0.15, 0.2) is 0 Å². The van der Waals surface area contributed by atoms with E-state index in [1.807, 2.05) is 31.5 Å². The number of aliphatic carboxylic acids is 1. The highest BCUT2D eigenvalue weighted by atomic mass is 32.1. The highest BCUT2D eigenvalue weighted by Crippen LogP contribution is 2.31. The fourth-order valence-corrected chi connectivity index (χ4v) is 3.52. The molecule has 23 heavy (non-hydrogen) atoms. The Morgan fingerprint density at radius 3 is 2.65 bits per heavy atom. The standard InChI is InChI=1S/C16H24N2O4S/c1-16(2,3)22-15(21)10-4-6-18(12(17)8-10)13(14(19)20)11-5-7-23-9-11/h5,7,9-10,12-13H,4,6,8,17H2,1-3H3,(H,19,20)/t10-,12+,13+/m0/s1. The molecule has 3 atom stereocenters. The average molecular weight is 340 g/mol. The van der Waals surface area contributed by atoms with Crippen molar-refractivity contribution in [3.63, 3.8) is 0 Å². The van der Waals surface area contributed by atoms with Crippen LogP contribution in [0.1, 0.15) is 45.2 Å². The van der Waals surface area contributed by atoms with E-state index in [9.17, 15) is 14.7 Å². The van der Waals surface area contributed by atoms with Gasteiger partial charge in [-0.15, -0.1) is 0 Å². The molecule has 1 saturated heterocycles. The lowest BCUT2D eigenvalue weighted by molar-refractivity contribution is -0.163. The Morgan fingerprint density at radius 1 is 1.48 bits per heavy atom. The maximum atomic E-state index is 12.2. The van der Waals surface area contributed by atoms with Crippen LogP contribution in [0.3, 0.4) is 0 Å². The number of carbonyl (C=O) groups is 2. The van der Waals surface area contributed by atoms with Crippen LogP contribution in [0.25, 0.3) is 0 Å². The summed E-state index contributed by atoms with van der Waals surface area (Å²) in [7, 11) is 0. The second-order valence-electron chi connectivity index (χ2n) is 6.86. The molecule has 6 nitrogen and oxygen atoms in total. The SMILES string of the molecule is CC(C)(C)OC(=O)[C@H]1CCN([C@@H](C(=O)O)c2ccsc2)[C@@H](N)C1. The van der Waals surface area contributed by atoms with Crippen LogP contribution < -0.4 is 5.73 Å². The monoisotopic (exact) mass is 340 g/mol. The quantitative estimate of drug-likeness (QED) is 0.816. The fraction of sp³-hybridized carbons (Fsp3) is 0.625. The fourth-order valence-electron chi connectivity index (χ4n) is 2.84. The Morgan fingerprint density at radius 2 is 2.17 bits per heavy atom. The highest BCUT2D eigenvalue weighted by Gasteiger charge is 2.38. The number of carboxylic acid groups (broad SMARTS) is 1. The summed E-state index contributed by atoms with van der Waals surface area (Å²) in [4.78, 5) is 25.6. The van der Waals surface area contributed by atoms with Crippen LogP contribution in [0.4, 0.5) is 0 Å². The largest absolute Gasteiger partial charge is 0.480 e.